The highest BCUT2D eigenvalue weighted by molar-refractivity contribution is 7.18. The molecule has 1 aromatic carbocycles. The van der Waals surface area contributed by atoms with Crippen LogP contribution in [-0.4, -0.2) is 20.4 Å². The quantitative estimate of drug-likeness (QED) is 0.445. The van der Waals surface area contributed by atoms with Gasteiger partial charge in [-0.25, -0.2) is 4.98 Å². The van der Waals surface area contributed by atoms with E-state index in [9.17, 15) is 4.79 Å². The molecule has 0 saturated carbocycles. The molecule has 4 aromatic rings. The fourth-order valence-corrected chi connectivity index (χ4v) is 5.67. The lowest BCUT2D eigenvalue weighted by molar-refractivity contribution is 0.699. The standard InChI is InChI=1S/C24H24N4OS/c1-15-8-4-6-10-20(15)28-16(2)12-18(17(28)3)13-26-27-14-25-23-22(24(27)29)19-9-5-7-11-21(19)30-23/h4,6,8,10,12-14H,5,7,9,11H2,1-3H3/b26-13+. The van der Waals surface area contributed by atoms with Crippen molar-refractivity contribution >= 4 is 27.8 Å². The molecule has 0 saturated heterocycles. The number of rotatable bonds is 3. The molecule has 0 atom stereocenters. The summed E-state index contributed by atoms with van der Waals surface area (Å²) in [6, 6.07) is 10.4. The molecule has 3 heterocycles. The van der Waals surface area contributed by atoms with Crippen molar-refractivity contribution in [2.75, 3.05) is 0 Å². The molecule has 0 spiro atoms. The molecular weight excluding hydrogens is 392 g/mol. The number of benzene rings is 1. The number of aromatic nitrogens is 3. The van der Waals surface area contributed by atoms with Crippen LogP contribution < -0.4 is 5.56 Å². The average Bonchev–Trinajstić information content (AvgIpc) is 3.25. The maximum absolute atomic E-state index is 13.1. The number of hydrogen-bond donors (Lipinski definition) is 0. The molecule has 0 unspecified atom stereocenters. The van der Waals surface area contributed by atoms with Crippen molar-refractivity contribution in [3.8, 4) is 5.69 Å². The summed E-state index contributed by atoms with van der Waals surface area (Å²) in [5, 5.41) is 5.26. The van der Waals surface area contributed by atoms with E-state index in [4.69, 9.17) is 0 Å². The van der Waals surface area contributed by atoms with Crippen molar-refractivity contribution in [3.63, 3.8) is 0 Å². The van der Waals surface area contributed by atoms with Crippen molar-refractivity contribution < 1.29 is 0 Å². The van der Waals surface area contributed by atoms with Crippen LogP contribution in [0.4, 0.5) is 0 Å². The van der Waals surface area contributed by atoms with Crippen LogP contribution in [-0.2, 0) is 12.8 Å². The fraction of sp³-hybridized carbons (Fsp3) is 0.292. The Bertz CT molecular complexity index is 1360. The zero-order valence-corrected chi connectivity index (χ0v) is 18.3. The normalized spacial score (nSPS) is 14.0. The van der Waals surface area contributed by atoms with Gasteiger partial charge in [-0.2, -0.15) is 9.78 Å². The van der Waals surface area contributed by atoms with E-state index < -0.39 is 0 Å². The summed E-state index contributed by atoms with van der Waals surface area (Å²) >= 11 is 1.66. The van der Waals surface area contributed by atoms with Gasteiger partial charge in [0.25, 0.3) is 5.56 Å². The number of fused-ring (bicyclic) bond motifs is 3. The third kappa shape index (κ3) is 3.03. The largest absolute Gasteiger partial charge is 0.318 e. The molecule has 6 heteroatoms. The van der Waals surface area contributed by atoms with Crippen molar-refractivity contribution in [1.29, 1.82) is 0 Å². The predicted molar refractivity (Wildman–Crippen MR) is 123 cm³/mol. The van der Waals surface area contributed by atoms with E-state index in [1.807, 2.05) is 6.07 Å². The second-order valence-electron chi connectivity index (χ2n) is 7.98. The number of nitrogens with zero attached hydrogens (tertiary/aromatic N) is 4. The molecule has 152 valence electrons. The minimum absolute atomic E-state index is 0.0663. The van der Waals surface area contributed by atoms with Gasteiger partial charge in [0, 0.05) is 27.5 Å². The number of hydrogen-bond acceptors (Lipinski definition) is 4. The molecule has 0 bridgehead atoms. The zero-order chi connectivity index (χ0) is 20.8. The van der Waals surface area contributed by atoms with E-state index in [2.05, 4.69) is 59.7 Å². The van der Waals surface area contributed by atoms with Gasteiger partial charge >= 0.3 is 0 Å². The molecule has 5 nitrogen and oxygen atoms in total. The highest BCUT2D eigenvalue weighted by Gasteiger charge is 2.20. The summed E-state index contributed by atoms with van der Waals surface area (Å²) in [5.74, 6) is 0. The van der Waals surface area contributed by atoms with Crippen molar-refractivity contribution in [2.24, 2.45) is 5.10 Å². The first-order chi connectivity index (χ1) is 14.5. The van der Waals surface area contributed by atoms with Gasteiger partial charge in [-0.3, -0.25) is 4.79 Å². The summed E-state index contributed by atoms with van der Waals surface area (Å²) in [7, 11) is 0. The van der Waals surface area contributed by atoms with Gasteiger partial charge in [-0.05, 0) is 69.7 Å². The molecule has 3 aromatic heterocycles. The summed E-state index contributed by atoms with van der Waals surface area (Å²) in [6.07, 6.45) is 7.68. The van der Waals surface area contributed by atoms with Gasteiger partial charge in [0.1, 0.15) is 11.2 Å². The Hall–Kier alpha value is -2.99. The number of aryl methyl sites for hydroxylation is 4. The van der Waals surface area contributed by atoms with Crippen LogP contribution in [0, 0.1) is 20.8 Å². The Labute approximate surface area is 179 Å². The number of para-hydroxylation sites is 1. The molecule has 5 rings (SSSR count). The SMILES string of the molecule is Cc1ccccc1-n1c(C)cc(/C=N/n2cnc3sc4c(c3c2=O)CCCC4)c1C. The van der Waals surface area contributed by atoms with Gasteiger partial charge < -0.3 is 4.57 Å². The molecule has 0 N–H and O–H groups in total. The van der Waals surface area contributed by atoms with Crippen LogP contribution in [0.1, 0.15) is 45.8 Å². The second kappa shape index (κ2) is 7.36. The highest BCUT2D eigenvalue weighted by Crippen LogP contribution is 2.33. The van der Waals surface area contributed by atoms with Gasteiger partial charge in [0.05, 0.1) is 11.6 Å². The van der Waals surface area contributed by atoms with Crippen LogP contribution in [0.15, 0.2) is 46.6 Å². The highest BCUT2D eigenvalue weighted by atomic mass is 32.1. The monoisotopic (exact) mass is 416 g/mol. The van der Waals surface area contributed by atoms with Crippen LogP contribution in [0.2, 0.25) is 0 Å². The second-order valence-corrected chi connectivity index (χ2v) is 9.06. The zero-order valence-electron chi connectivity index (χ0n) is 17.5. The van der Waals surface area contributed by atoms with E-state index in [0.29, 0.717) is 0 Å². The van der Waals surface area contributed by atoms with Crippen LogP contribution >= 0.6 is 11.3 Å². The van der Waals surface area contributed by atoms with Crippen LogP contribution in [0.3, 0.4) is 0 Å². The smallest absolute Gasteiger partial charge is 0.282 e. The maximum Gasteiger partial charge on any atom is 0.282 e. The summed E-state index contributed by atoms with van der Waals surface area (Å²) in [6.45, 7) is 6.29. The molecule has 1 aliphatic rings. The topological polar surface area (TPSA) is 52.2 Å². The molecule has 0 radical (unpaired) electrons. The van der Waals surface area contributed by atoms with E-state index in [-0.39, 0.29) is 5.56 Å². The summed E-state index contributed by atoms with van der Waals surface area (Å²) in [5.41, 5.74) is 6.74. The first kappa shape index (κ1) is 19.0. The van der Waals surface area contributed by atoms with E-state index >= 15 is 0 Å². The van der Waals surface area contributed by atoms with Gasteiger partial charge in [-0.15, -0.1) is 11.3 Å². The lowest BCUT2D eigenvalue weighted by Gasteiger charge is -2.12. The van der Waals surface area contributed by atoms with Crippen molar-refractivity contribution in [2.45, 2.75) is 46.5 Å². The molecule has 30 heavy (non-hydrogen) atoms. The average molecular weight is 417 g/mol. The lowest BCUT2D eigenvalue weighted by Crippen LogP contribution is -2.18. The van der Waals surface area contributed by atoms with E-state index in [0.717, 1.165) is 52.1 Å². The Kier molecular flexibility index (Phi) is 4.66. The maximum atomic E-state index is 13.1. The Morgan fingerprint density at radius 1 is 1.13 bits per heavy atom. The molecule has 0 amide bonds. The van der Waals surface area contributed by atoms with Gasteiger partial charge in [0.2, 0.25) is 0 Å². The van der Waals surface area contributed by atoms with Gasteiger partial charge in [0.15, 0.2) is 0 Å². The third-order valence-electron chi connectivity index (χ3n) is 6.01. The molecule has 0 aliphatic heterocycles. The minimum Gasteiger partial charge on any atom is -0.318 e. The Morgan fingerprint density at radius 2 is 1.93 bits per heavy atom. The van der Waals surface area contributed by atoms with E-state index in [1.54, 1.807) is 23.9 Å². The van der Waals surface area contributed by atoms with Crippen molar-refractivity contribution in [3.05, 3.63) is 80.0 Å². The number of thiophene rings is 1. The minimum atomic E-state index is -0.0663. The Morgan fingerprint density at radius 3 is 2.77 bits per heavy atom. The molecule has 1 aliphatic carbocycles. The molecule has 0 fully saturated rings. The predicted octanol–water partition coefficient (Wildman–Crippen LogP) is 4.93. The van der Waals surface area contributed by atoms with E-state index in [1.165, 1.54) is 27.1 Å². The van der Waals surface area contributed by atoms with Crippen LogP contribution in [0.25, 0.3) is 15.9 Å². The Balaban J connectivity index is 1.56. The third-order valence-corrected chi connectivity index (χ3v) is 7.21. The van der Waals surface area contributed by atoms with Crippen LogP contribution in [0.5, 0.6) is 0 Å². The lowest BCUT2D eigenvalue weighted by atomic mass is 9.97. The van der Waals surface area contributed by atoms with Gasteiger partial charge in [-0.1, -0.05) is 18.2 Å². The first-order valence-electron chi connectivity index (χ1n) is 10.4. The van der Waals surface area contributed by atoms with Crippen molar-refractivity contribution in [1.82, 2.24) is 14.2 Å². The summed E-state index contributed by atoms with van der Waals surface area (Å²) < 4.78 is 3.61. The first-order valence-corrected chi connectivity index (χ1v) is 11.2. The molecular formula is C24H24N4OS. The fourth-order valence-electron chi connectivity index (χ4n) is 4.45. The summed E-state index contributed by atoms with van der Waals surface area (Å²) in [4.78, 5) is 19.8.